The van der Waals surface area contributed by atoms with Crippen LogP contribution in [0, 0.1) is 5.92 Å². The van der Waals surface area contributed by atoms with Gasteiger partial charge in [-0.25, -0.2) is 0 Å². The Balaban J connectivity index is 0.00000288. The van der Waals surface area contributed by atoms with Gasteiger partial charge in [-0.2, -0.15) is 0 Å². The van der Waals surface area contributed by atoms with Gasteiger partial charge in [-0.1, -0.05) is 26.0 Å². The third kappa shape index (κ3) is 6.86. The van der Waals surface area contributed by atoms with E-state index < -0.39 is 0 Å². The smallest absolute Gasteiger partial charge is 0.226 e. The maximum absolute atomic E-state index is 11.9. The molecule has 1 fully saturated rings. The highest BCUT2D eigenvalue weighted by Gasteiger charge is 2.17. The third-order valence-corrected chi connectivity index (χ3v) is 3.65. The second-order valence-electron chi connectivity index (χ2n) is 6.02. The van der Waals surface area contributed by atoms with Crippen molar-refractivity contribution < 1.29 is 14.3 Å². The summed E-state index contributed by atoms with van der Waals surface area (Å²) in [6.45, 7) is 6.39. The number of hydrogen-bond acceptors (Lipinski definition) is 4. The van der Waals surface area contributed by atoms with E-state index in [1.54, 1.807) is 0 Å². The van der Waals surface area contributed by atoms with Crippen LogP contribution in [0.4, 0.5) is 5.69 Å². The lowest BCUT2D eigenvalue weighted by Gasteiger charge is -2.23. The number of nitrogens with one attached hydrogen (secondary N) is 3. The Hall–Kier alpha value is -1.63. The van der Waals surface area contributed by atoms with Crippen LogP contribution in [0.5, 0.6) is 0 Å². The second-order valence-corrected chi connectivity index (χ2v) is 6.02. The van der Waals surface area contributed by atoms with Gasteiger partial charge in [0.1, 0.15) is 0 Å². The van der Waals surface area contributed by atoms with E-state index in [1.807, 2.05) is 38.1 Å². The Morgan fingerprint density at radius 1 is 1.29 bits per heavy atom. The number of carbonyl (C=O) groups is 2. The number of amides is 2. The molecule has 0 aliphatic carbocycles. The van der Waals surface area contributed by atoms with Crippen molar-refractivity contribution in [2.75, 3.05) is 25.0 Å². The largest absolute Gasteiger partial charge is 0.375 e. The first kappa shape index (κ1) is 20.4. The fourth-order valence-electron chi connectivity index (χ4n) is 2.22. The van der Waals surface area contributed by atoms with E-state index >= 15 is 0 Å². The Labute approximate surface area is 149 Å². The number of carbonyl (C=O) groups excluding carboxylic acids is 2. The number of rotatable bonds is 6. The molecule has 24 heavy (non-hydrogen) atoms. The van der Waals surface area contributed by atoms with Crippen molar-refractivity contribution in [1.29, 1.82) is 0 Å². The topological polar surface area (TPSA) is 79.5 Å². The summed E-state index contributed by atoms with van der Waals surface area (Å²) >= 11 is 0. The first-order valence-electron chi connectivity index (χ1n) is 8.03. The molecular formula is C17H26ClN3O3. The maximum Gasteiger partial charge on any atom is 0.226 e. The first-order valence-corrected chi connectivity index (χ1v) is 8.03. The highest BCUT2D eigenvalue weighted by atomic mass is 35.5. The molecule has 2 amide bonds. The van der Waals surface area contributed by atoms with Gasteiger partial charge in [0.2, 0.25) is 11.8 Å². The quantitative estimate of drug-likeness (QED) is 0.725. The van der Waals surface area contributed by atoms with Crippen LogP contribution in [-0.2, 0) is 20.9 Å². The van der Waals surface area contributed by atoms with Crippen LogP contribution in [0.2, 0.25) is 0 Å². The molecule has 134 valence electrons. The lowest BCUT2D eigenvalue weighted by Crippen LogP contribution is -2.41. The Kier molecular flexibility index (Phi) is 8.74. The van der Waals surface area contributed by atoms with Crippen molar-refractivity contribution in [2.24, 2.45) is 5.92 Å². The fraction of sp³-hybridized carbons (Fsp3) is 0.529. The lowest BCUT2D eigenvalue weighted by atomic mass is 10.1. The number of benzene rings is 1. The van der Waals surface area contributed by atoms with Crippen LogP contribution in [0.25, 0.3) is 0 Å². The minimum absolute atomic E-state index is 0. The fourth-order valence-corrected chi connectivity index (χ4v) is 2.22. The van der Waals surface area contributed by atoms with E-state index in [0.717, 1.165) is 24.3 Å². The normalized spacial score (nSPS) is 17.0. The highest BCUT2D eigenvalue weighted by Crippen LogP contribution is 2.11. The van der Waals surface area contributed by atoms with E-state index in [-0.39, 0.29) is 36.2 Å². The van der Waals surface area contributed by atoms with Crippen molar-refractivity contribution in [1.82, 2.24) is 10.6 Å². The minimum Gasteiger partial charge on any atom is -0.375 e. The van der Waals surface area contributed by atoms with Gasteiger partial charge in [0.05, 0.1) is 19.1 Å². The Morgan fingerprint density at radius 2 is 2.00 bits per heavy atom. The number of halogens is 1. The van der Waals surface area contributed by atoms with Crippen molar-refractivity contribution in [2.45, 2.75) is 32.9 Å². The molecule has 3 N–H and O–H groups in total. The van der Waals surface area contributed by atoms with Gasteiger partial charge in [-0.15, -0.1) is 12.4 Å². The molecule has 1 heterocycles. The molecule has 1 saturated heterocycles. The molecule has 0 bridgehead atoms. The summed E-state index contributed by atoms with van der Waals surface area (Å²) < 4.78 is 5.51. The molecule has 6 nitrogen and oxygen atoms in total. The molecule has 0 radical (unpaired) electrons. The molecule has 0 aromatic heterocycles. The minimum atomic E-state index is -0.0505. The monoisotopic (exact) mass is 355 g/mol. The molecular weight excluding hydrogens is 330 g/mol. The van der Waals surface area contributed by atoms with E-state index in [1.165, 1.54) is 0 Å². The number of ether oxygens (including phenoxy) is 1. The van der Waals surface area contributed by atoms with Gasteiger partial charge in [0.25, 0.3) is 0 Å². The van der Waals surface area contributed by atoms with E-state index in [2.05, 4.69) is 16.0 Å². The average Bonchev–Trinajstić information content (AvgIpc) is 2.55. The van der Waals surface area contributed by atoms with Crippen LogP contribution in [-0.4, -0.2) is 37.6 Å². The van der Waals surface area contributed by atoms with Crippen LogP contribution in [0.3, 0.4) is 0 Å². The molecule has 1 aromatic carbocycles. The predicted molar refractivity (Wildman–Crippen MR) is 96.2 cm³/mol. The molecule has 1 aliphatic rings. The van der Waals surface area contributed by atoms with E-state index in [4.69, 9.17) is 4.74 Å². The number of morpholine rings is 1. The van der Waals surface area contributed by atoms with Gasteiger partial charge >= 0.3 is 0 Å². The Bertz CT molecular complexity index is 528. The van der Waals surface area contributed by atoms with Gasteiger partial charge in [0, 0.05) is 31.2 Å². The number of hydrogen-bond donors (Lipinski definition) is 3. The van der Waals surface area contributed by atoms with Crippen LogP contribution < -0.4 is 16.0 Å². The summed E-state index contributed by atoms with van der Waals surface area (Å²) in [5.41, 5.74) is 1.75. The van der Waals surface area contributed by atoms with Gasteiger partial charge in [-0.3, -0.25) is 9.59 Å². The zero-order chi connectivity index (χ0) is 16.7. The van der Waals surface area contributed by atoms with Crippen LogP contribution in [0.1, 0.15) is 25.8 Å². The predicted octanol–water partition coefficient (Wildman–Crippen LogP) is 1.70. The third-order valence-electron chi connectivity index (χ3n) is 3.65. The van der Waals surface area contributed by atoms with Gasteiger partial charge in [-0.05, 0) is 17.7 Å². The molecule has 2 rings (SSSR count). The summed E-state index contributed by atoms with van der Waals surface area (Å²) in [5.74, 6) is -0.0755. The molecule has 1 aliphatic heterocycles. The molecule has 0 saturated carbocycles. The average molecular weight is 356 g/mol. The zero-order valence-corrected chi connectivity index (χ0v) is 14.9. The summed E-state index contributed by atoms with van der Waals surface area (Å²) in [7, 11) is 0. The number of anilines is 1. The molecule has 1 unspecified atom stereocenters. The second kappa shape index (κ2) is 10.3. The highest BCUT2D eigenvalue weighted by molar-refractivity contribution is 5.92. The van der Waals surface area contributed by atoms with E-state index in [0.29, 0.717) is 19.6 Å². The standard InChI is InChI=1S/C17H25N3O3.ClH/c1-12(2)17(22)20-14-5-3-13(4-6-14)10-19-16(21)9-15-11-18-7-8-23-15;/h3-6,12,15,18H,7-11H2,1-2H3,(H,19,21)(H,20,22);1H. The van der Waals surface area contributed by atoms with E-state index in [9.17, 15) is 9.59 Å². The van der Waals surface area contributed by atoms with Crippen molar-refractivity contribution in [3.05, 3.63) is 29.8 Å². The van der Waals surface area contributed by atoms with Crippen molar-refractivity contribution in [3.63, 3.8) is 0 Å². The molecule has 1 aromatic rings. The van der Waals surface area contributed by atoms with Gasteiger partial charge in [0.15, 0.2) is 0 Å². The lowest BCUT2D eigenvalue weighted by molar-refractivity contribution is -0.124. The van der Waals surface area contributed by atoms with Crippen LogP contribution in [0.15, 0.2) is 24.3 Å². The summed E-state index contributed by atoms with van der Waals surface area (Å²) in [6, 6.07) is 7.48. The maximum atomic E-state index is 11.9. The summed E-state index contributed by atoms with van der Waals surface area (Å²) in [4.78, 5) is 23.5. The summed E-state index contributed by atoms with van der Waals surface area (Å²) in [6.07, 6.45) is 0.326. The SMILES string of the molecule is CC(C)C(=O)Nc1ccc(CNC(=O)CC2CNCCO2)cc1.Cl. The van der Waals surface area contributed by atoms with Crippen molar-refractivity contribution >= 4 is 29.9 Å². The van der Waals surface area contributed by atoms with Gasteiger partial charge < -0.3 is 20.7 Å². The van der Waals surface area contributed by atoms with Crippen LogP contribution >= 0.6 is 12.4 Å². The molecule has 1 atom stereocenters. The zero-order valence-electron chi connectivity index (χ0n) is 14.1. The summed E-state index contributed by atoms with van der Waals surface area (Å²) in [5, 5.41) is 8.93. The molecule has 0 spiro atoms. The Morgan fingerprint density at radius 3 is 2.58 bits per heavy atom. The molecule has 7 heteroatoms. The first-order chi connectivity index (χ1) is 11.0. The van der Waals surface area contributed by atoms with Crippen molar-refractivity contribution in [3.8, 4) is 0 Å².